The zero-order valence-electron chi connectivity index (χ0n) is 12.7. The van der Waals surface area contributed by atoms with Crippen LogP contribution < -0.4 is 14.4 Å². The molecular formula is C17H15BrFNO3. The molecule has 1 amide bonds. The maximum absolute atomic E-state index is 13.3. The number of anilines is 1. The molecule has 23 heavy (non-hydrogen) atoms. The molecule has 0 spiro atoms. The van der Waals surface area contributed by atoms with Crippen molar-refractivity contribution >= 4 is 27.5 Å². The highest BCUT2D eigenvalue weighted by atomic mass is 79.9. The van der Waals surface area contributed by atoms with Crippen molar-refractivity contribution in [3.8, 4) is 11.5 Å². The lowest BCUT2D eigenvalue weighted by Gasteiger charge is -2.23. The van der Waals surface area contributed by atoms with Crippen LogP contribution >= 0.6 is 15.9 Å². The average molecular weight is 380 g/mol. The number of benzene rings is 2. The number of hydrogen-bond acceptors (Lipinski definition) is 3. The maximum Gasteiger partial charge on any atom is 0.268 e. The summed E-state index contributed by atoms with van der Waals surface area (Å²) in [6.45, 7) is 2.01. The minimum Gasteiger partial charge on any atom is -0.493 e. The summed E-state index contributed by atoms with van der Waals surface area (Å²) in [5.74, 6) is 0.587. The molecule has 0 bridgehead atoms. The van der Waals surface area contributed by atoms with Crippen molar-refractivity contribution in [2.24, 2.45) is 0 Å². The van der Waals surface area contributed by atoms with Gasteiger partial charge in [-0.2, -0.15) is 0 Å². The Balaban J connectivity index is 2.09. The minimum absolute atomic E-state index is 0.199. The smallest absolute Gasteiger partial charge is 0.268 e. The van der Waals surface area contributed by atoms with Crippen molar-refractivity contribution in [3.63, 3.8) is 0 Å². The van der Waals surface area contributed by atoms with Gasteiger partial charge in [0.15, 0.2) is 17.6 Å². The lowest BCUT2D eigenvalue weighted by Crippen LogP contribution is -2.38. The van der Waals surface area contributed by atoms with Crippen LogP contribution in [0.2, 0.25) is 0 Å². The summed E-state index contributed by atoms with van der Waals surface area (Å²) in [6.07, 6.45) is -0.676. The molecule has 0 aromatic heterocycles. The Labute approximate surface area is 141 Å². The van der Waals surface area contributed by atoms with Gasteiger partial charge in [-0.15, -0.1) is 0 Å². The molecule has 2 aromatic rings. The van der Waals surface area contributed by atoms with Crippen molar-refractivity contribution in [3.05, 3.63) is 52.3 Å². The molecule has 6 heteroatoms. The third-order valence-electron chi connectivity index (χ3n) is 3.72. The highest BCUT2D eigenvalue weighted by Gasteiger charge is 2.31. The van der Waals surface area contributed by atoms with E-state index in [2.05, 4.69) is 15.9 Å². The van der Waals surface area contributed by atoms with E-state index in [1.165, 1.54) is 12.1 Å². The van der Waals surface area contributed by atoms with Crippen LogP contribution in [0.15, 0.2) is 40.9 Å². The molecule has 0 radical (unpaired) electrons. The number of rotatable bonds is 2. The molecule has 4 nitrogen and oxygen atoms in total. The molecule has 1 heterocycles. The van der Waals surface area contributed by atoms with E-state index >= 15 is 0 Å². The monoisotopic (exact) mass is 379 g/mol. The summed E-state index contributed by atoms with van der Waals surface area (Å²) >= 11 is 3.32. The number of carbonyl (C=O) groups excluding carboxylic acids is 1. The molecule has 0 aliphatic carbocycles. The number of amides is 1. The highest BCUT2D eigenvalue weighted by molar-refractivity contribution is 9.10. The molecule has 0 saturated carbocycles. The lowest BCUT2D eigenvalue weighted by molar-refractivity contribution is -0.124. The van der Waals surface area contributed by atoms with Gasteiger partial charge in [-0.3, -0.25) is 4.79 Å². The zero-order chi connectivity index (χ0) is 16.6. The summed E-state index contributed by atoms with van der Waals surface area (Å²) in [7, 11) is 1.56. The fourth-order valence-corrected chi connectivity index (χ4v) is 3.14. The number of para-hydroxylation sites is 1. The van der Waals surface area contributed by atoms with Crippen molar-refractivity contribution in [2.75, 3.05) is 12.0 Å². The molecule has 2 aromatic carbocycles. The van der Waals surface area contributed by atoms with E-state index in [1.54, 1.807) is 31.1 Å². The number of hydrogen-bond donors (Lipinski definition) is 0. The van der Waals surface area contributed by atoms with E-state index in [-0.39, 0.29) is 11.7 Å². The van der Waals surface area contributed by atoms with Crippen LogP contribution in [0.1, 0.15) is 12.5 Å². The number of carbonyl (C=O) groups is 1. The van der Waals surface area contributed by atoms with Crippen LogP contribution in [0.5, 0.6) is 11.5 Å². The van der Waals surface area contributed by atoms with E-state index in [9.17, 15) is 9.18 Å². The van der Waals surface area contributed by atoms with Crippen LogP contribution in [0.3, 0.4) is 0 Å². The Morgan fingerprint density at radius 2 is 2.13 bits per heavy atom. The Kier molecular flexibility index (Phi) is 4.26. The summed E-state index contributed by atoms with van der Waals surface area (Å²) in [4.78, 5) is 14.3. The van der Waals surface area contributed by atoms with E-state index in [4.69, 9.17) is 9.47 Å². The van der Waals surface area contributed by atoms with Crippen LogP contribution in [-0.2, 0) is 11.3 Å². The van der Waals surface area contributed by atoms with Gasteiger partial charge in [0.1, 0.15) is 5.82 Å². The number of halogens is 2. The van der Waals surface area contributed by atoms with E-state index in [0.717, 1.165) is 5.56 Å². The normalized spacial score (nSPS) is 17.3. The molecule has 120 valence electrons. The minimum atomic E-state index is -0.676. The Bertz CT molecular complexity index is 765. The molecule has 3 rings (SSSR count). The van der Waals surface area contributed by atoms with Crippen LogP contribution in [-0.4, -0.2) is 19.1 Å². The largest absolute Gasteiger partial charge is 0.493 e. The number of nitrogens with zero attached hydrogens (tertiary/aromatic N) is 1. The molecule has 1 atom stereocenters. The van der Waals surface area contributed by atoms with Gasteiger partial charge < -0.3 is 14.4 Å². The predicted molar refractivity (Wildman–Crippen MR) is 88.4 cm³/mol. The first-order chi connectivity index (χ1) is 11.0. The number of fused-ring (bicyclic) bond motifs is 1. The maximum atomic E-state index is 13.3. The predicted octanol–water partition coefficient (Wildman–Crippen LogP) is 3.91. The van der Waals surface area contributed by atoms with Crippen LogP contribution in [0.4, 0.5) is 10.1 Å². The van der Waals surface area contributed by atoms with Gasteiger partial charge in [0.05, 0.1) is 19.3 Å². The third kappa shape index (κ3) is 2.91. The van der Waals surface area contributed by atoms with E-state index < -0.39 is 6.10 Å². The zero-order valence-corrected chi connectivity index (χ0v) is 14.3. The standard InChI is InChI=1S/C17H15BrFNO3/c1-10-17(21)20(14-7-6-12(19)8-13(14)18)9-11-4-3-5-15(22-2)16(11)23-10/h3-8,10H,9H2,1-2H3/t10-/m0/s1. The summed E-state index contributed by atoms with van der Waals surface area (Å²) < 4.78 is 25.0. The average Bonchev–Trinajstić information content (AvgIpc) is 2.65. The summed E-state index contributed by atoms with van der Waals surface area (Å²) in [6, 6.07) is 9.77. The molecule has 0 N–H and O–H groups in total. The Hall–Kier alpha value is -2.08. The first-order valence-electron chi connectivity index (χ1n) is 7.10. The first-order valence-corrected chi connectivity index (χ1v) is 7.89. The first kappa shape index (κ1) is 15.8. The second kappa shape index (κ2) is 6.20. The van der Waals surface area contributed by atoms with Gasteiger partial charge in [0.25, 0.3) is 5.91 Å². The van der Waals surface area contributed by atoms with E-state index in [1.807, 2.05) is 12.1 Å². The number of ether oxygens (including phenoxy) is 2. The Morgan fingerprint density at radius 1 is 1.35 bits per heavy atom. The SMILES string of the molecule is COc1cccc2c1O[C@@H](C)C(=O)N(c1ccc(F)cc1Br)C2. The second-order valence-electron chi connectivity index (χ2n) is 5.23. The molecule has 0 unspecified atom stereocenters. The molecule has 1 aliphatic rings. The molecule has 0 fully saturated rings. The van der Waals surface area contributed by atoms with Gasteiger partial charge in [-0.1, -0.05) is 12.1 Å². The van der Waals surface area contributed by atoms with Gasteiger partial charge in [-0.05, 0) is 47.1 Å². The van der Waals surface area contributed by atoms with E-state index in [0.29, 0.717) is 28.2 Å². The van der Waals surface area contributed by atoms with Gasteiger partial charge in [-0.25, -0.2) is 4.39 Å². The molecule has 0 saturated heterocycles. The van der Waals surface area contributed by atoms with Crippen molar-refractivity contribution in [2.45, 2.75) is 19.6 Å². The fraction of sp³-hybridized carbons (Fsp3) is 0.235. The van der Waals surface area contributed by atoms with Crippen LogP contribution in [0.25, 0.3) is 0 Å². The highest BCUT2D eigenvalue weighted by Crippen LogP contribution is 2.37. The van der Waals surface area contributed by atoms with Gasteiger partial charge >= 0.3 is 0 Å². The summed E-state index contributed by atoms with van der Waals surface area (Å²) in [5.41, 5.74) is 1.43. The van der Waals surface area contributed by atoms with Gasteiger partial charge in [0.2, 0.25) is 0 Å². The lowest BCUT2D eigenvalue weighted by atomic mass is 10.1. The van der Waals surface area contributed by atoms with Crippen molar-refractivity contribution in [1.29, 1.82) is 0 Å². The van der Waals surface area contributed by atoms with Crippen molar-refractivity contribution < 1.29 is 18.7 Å². The number of methoxy groups -OCH3 is 1. The van der Waals surface area contributed by atoms with Crippen molar-refractivity contribution in [1.82, 2.24) is 0 Å². The molecular weight excluding hydrogens is 365 g/mol. The summed E-state index contributed by atoms with van der Waals surface area (Å²) in [5, 5.41) is 0. The van der Waals surface area contributed by atoms with Gasteiger partial charge in [0, 0.05) is 10.0 Å². The fourth-order valence-electron chi connectivity index (χ4n) is 2.58. The third-order valence-corrected chi connectivity index (χ3v) is 4.35. The Morgan fingerprint density at radius 3 is 2.83 bits per heavy atom. The second-order valence-corrected chi connectivity index (χ2v) is 6.08. The molecule has 1 aliphatic heterocycles. The van der Waals surface area contributed by atoms with Crippen LogP contribution in [0, 0.1) is 5.82 Å². The quantitative estimate of drug-likeness (QED) is 0.793. The topological polar surface area (TPSA) is 38.8 Å².